The number of hydrogen-bond acceptors (Lipinski definition) is 4. The second-order valence-electron chi connectivity index (χ2n) is 12.8. The average molecular weight is 523 g/mol. The molecule has 2 atom stereocenters. The van der Waals surface area contributed by atoms with Crippen molar-refractivity contribution in [1.29, 1.82) is 0 Å². The second kappa shape index (κ2) is 9.51. The number of alkyl halides is 3. The van der Waals surface area contributed by atoms with Gasteiger partial charge in [-0.2, -0.15) is 13.2 Å². The van der Waals surface area contributed by atoms with Gasteiger partial charge in [-0.05, 0) is 66.9 Å². The molecule has 0 radical (unpaired) electrons. The number of pyridine rings is 2. The molecule has 0 bridgehead atoms. The summed E-state index contributed by atoms with van der Waals surface area (Å²) in [6, 6.07) is 2.22. The fourth-order valence-corrected chi connectivity index (χ4v) is 6.08. The molecule has 0 aromatic carbocycles. The van der Waals surface area contributed by atoms with E-state index >= 15 is 0 Å². The fraction of sp³-hybridized carbons (Fsp3) is 0.643. The molecule has 0 aliphatic heterocycles. The Morgan fingerprint density at radius 1 is 1.14 bits per heavy atom. The molecule has 0 amide bonds. The van der Waals surface area contributed by atoms with Crippen molar-refractivity contribution in [2.45, 2.75) is 111 Å². The van der Waals surface area contributed by atoms with Crippen molar-refractivity contribution in [1.82, 2.24) is 9.97 Å². The summed E-state index contributed by atoms with van der Waals surface area (Å²) < 4.78 is 46.2. The first kappa shape index (κ1) is 28.8. The van der Waals surface area contributed by atoms with E-state index in [1.54, 1.807) is 0 Å². The standard InChI is InChI=1S/C28H41F3N2O2Si/c1-16(2)24-23(25(34)19-12-11-18(15-32-19)28(29,30)31)17(3)22-20(33-24)13-27(7,8)14-21(22)35-36(9,10)26(4,5)6/h11-12,15-16,21,25,34H,13-14H2,1-10H3/t21-,25+/m0/s1. The van der Waals surface area contributed by atoms with E-state index in [-0.39, 0.29) is 28.2 Å². The maximum atomic E-state index is 13.1. The Morgan fingerprint density at radius 2 is 1.75 bits per heavy atom. The van der Waals surface area contributed by atoms with Crippen molar-refractivity contribution in [2.75, 3.05) is 0 Å². The Bertz CT molecular complexity index is 1100. The zero-order valence-corrected chi connectivity index (χ0v) is 24.3. The Morgan fingerprint density at radius 3 is 2.22 bits per heavy atom. The summed E-state index contributed by atoms with van der Waals surface area (Å²) >= 11 is 0. The summed E-state index contributed by atoms with van der Waals surface area (Å²) in [5.74, 6) is 0.0119. The van der Waals surface area contributed by atoms with Crippen LogP contribution in [0.5, 0.6) is 0 Å². The van der Waals surface area contributed by atoms with E-state index in [4.69, 9.17) is 9.41 Å². The summed E-state index contributed by atoms with van der Waals surface area (Å²) in [4.78, 5) is 9.07. The quantitative estimate of drug-likeness (QED) is 0.404. The van der Waals surface area contributed by atoms with Crippen LogP contribution in [0.4, 0.5) is 13.2 Å². The Labute approximate surface area is 214 Å². The zero-order chi connectivity index (χ0) is 27.4. The third-order valence-corrected chi connectivity index (χ3v) is 12.3. The van der Waals surface area contributed by atoms with Gasteiger partial charge in [0.2, 0.25) is 0 Å². The lowest BCUT2D eigenvalue weighted by molar-refractivity contribution is -0.137. The first-order valence-corrected chi connectivity index (χ1v) is 15.6. The van der Waals surface area contributed by atoms with Gasteiger partial charge in [0.05, 0.1) is 17.4 Å². The van der Waals surface area contributed by atoms with Gasteiger partial charge >= 0.3 is 6.18 Å². The number of aliphatic hydroxyl groups excluding tert-OH is 1. The number of aromatic nitrogens is 2. The monoisotopic (exact) mass is 522 g/mol. The third kappa shape index (κ3) is 5.70. The molecule has 0 unspecified atom stereocenters. The maximum absolute atomic E-state index is 13.1. The minimum Gasteiger partial charge on any atom is -0.410 e. The summed E-state index contributed by atoms with van der Waals surface area (Å²) in [7, 11) is -2.12. The second-order valence-corrected chi connectivity index (χ2v) is 17.6. The molecule has 2 aromatic heterocycles. The molecule has 0 fully saturated rings. The van der Waals surface area contributed by atoms with Crippen LogP contribution in [0.3, 0.4) is 0 Å². The molecule has 2 heterocycles. The highest BCUT2D eigenvalue weighted by Gasteiger charge is 2.44. The van der Waals surface area contributed by atoms with E-state index in [0.717, 1.165) is 47.6 Å². The molecule has 3 rings (SSSR count). The van der Waals surface area contributed by atoms with Crippen molar-refractivity contribution in [3.63, 3.8) is 0 Å². The molecule has 1 aliphatic carbocycles. The van der Waals surface area contributed by atoms with E-state index in [0.29, 0.717) is 5.56 Å². The molecule has 200 valence electrons. The first-order valence-electron chi connectivity index (χ1n) is 12.7. The van der Waals surface area contributed by atoms with Crippen LogP contribution >= 0.6 is 0 Å². The maximum Gasteiger partial charge on any atom is 0.417 e. The molecule has 0 saturated heterocycles. The number of hydrogen-bond donors (Lipinski definition) is 1. The van der Waals surface area contributed by atoms with Gasteiger partial charge in [-0.3, -0.25) is 9.97 Å². The molecule has 36 heavy (non-hydrogen) atoms. The van der Waals surface area contributed by atoms with Crippen LogP contribution in [0.1, 0.15) is 112 Å². The molecule has 0 saturated carbocycles. The van der Waals surface area contributed by atoms with Gasteiger partial charge in [0.25, 0.3) is 0 Å². The lowest BCUT2D eigenvalue weighted by Crippen LogP contribution is -2.44. The Balaban J connectivity index is 2.18. The van der Waals surface area contributed by atoms with Crippen molar-refractivity contribution in [3.05, 3.63) is 57.7 Å². The predicted octanol–water partition coefficient (Wildman–Crippen LogP) is 8.04. The predicted molar refractivity (Wildman–Crippen MR) is 139 cm³/mol. The van der Waals surface area contributed by atoms with E-state index in [1.165, 1.54) is 6.07 Å². The van der Waals surface area contributed by atoms with Gasteiger partial charge in [0.1, 0.15) is 6.10 Å². The normalized spacial score (nSPS) is 19.4. The SMILES string of the molecule is Cc1c([C@H](O)c2ccc(C(F)(F)F)cn2)c(C(C)C)nc2c1[C@@H](O[Si](C)(C)C(C)(C)C)CC(C)(C)C2. The molecule has 8 heteroatoms. The zero-order valence-electron chi connectivity index (χ0n) is 23.3. The summed E-state index contributed by atoms with van der Waals surface area (Å²) in [6.45, 7) is 21.6. The Kier molecular flexibility index (Phi) is 7.61. The van der Waals surface area contributed by atoms with Crippen LogP contribution in [-0.2, 0) is 17.0 Å². The van der Waals surface area contributed by atoms with Gasteiger partial charge in [-0.25, -0.2) is 0 Å². The largest absolute Gasteiger partial charge is 0.417 e. The van der Waals surface area contributed by atoms with E-state index in [9.17, 15) is 18.3 Å². The van der Waals surface area contributed by atoms with Crippen molar-refractivity contribution < 1.29 is 22.7 Å². The van der Waals surface area contributed by atoms with E-state index < -0.39 is 26.2 Å². The van der Waals surface area contributed by atoms with Crippen LogP contribution in [-0.4, -0.2) is 23.4 Å². The minimum atomic E-state index is -4.48. The highest BCUT2D eigenvalue weighted by molar-refractivity contribution is 6.74. The number of halogens is 3. The number of fused-ring (bicyclic) bond motifs is 1. The Hall–Kier alpha value is -1.77. The molecule has 1 N–H and O–H groups in total. The molecule has 0 spiro atoms. The first-order chi connectivity index (χ1) is 16.2. The molecule has 2 aromatic rings. The van der Waals surface area contributed by atoms with Crippen molar-refractivity contribution >= 4 is 8.32 Å². The van der Waals surface area contributed by atoms with Crippen LogP contribution < -0.4 is 0 Å². The highest BCUT2D eigenvalue weighted by atomic mass is 28.4. The van der Waals surface area contributed by atoms with Crippen molar-refractivity contribution in [3.8, 4) is 0 Å². The van der Waals surface area contributed by atoms with Crippen molar-refractivity contribution in [2.24, 2.45) is 5.41 Å². The average Bonchev–Trinajstić information content (AvgIpc) is 2.70. The molecular weight excluding hydrogens is 481 g/mol. The van der Waals surface area contributed by atoms with E-state index in [1.807, 2.05) is 20.8 Å². The number of aliphatic hydroxyl groups is 1. The van der Waals surface area contributed by atoms with Gasteiger partial charge in [0, 0.05) is 28.7 Å². The molecule has 4 nitrogen and oxygen atoms in total. The minimum absolute atomic E-state index is 0.00281. The van der Waals surface area contributed by atoms with Crippen LogP contribution in [0.25, 0.3) is 0 Å². The van der Waals surface area contributed by atoms with Gasteiger partial charge in [0.15, 0.2) is 8.32 Å². The summed E-state index contributed by atoms with van der Waals surface area (Å²) in [5.41, 5.74) is 3.63. The van der Waals surface area contributed by atoms with Crippen LogP contribution in [0, 0.1) is 12.3 Å². The smallest absolute Gasteiger partial charge is 0.410 e. The van der Waals surface area contributed by atoms with Gasteiger partial charge in [-0.1, -0.05) is 48.5 Å². The molecular formula is C28H41F3N2O2Si. The lowest BCUT2D eigenvalue weighted by Gasteiger charge is -2.45. The van der Waals surface area contributed by atoms with Gasteiger partial charge < -0.3 is 9.53 Å². The van der Waals surface area contributed by atoms with Crippen LogP contribution in [0.2, 0.25) is 18.1 Å². The van der Waals surface area contributed by atoms with Crippen LogP contribution in [0.15, 0.2) is 18.3 Å². The number of rotatable bonds is 5. The fourth-order valence-electron chi connectivity index (χ4n) is 4.81. The van der Waals surface area contributed by atoms with E-state index in [2.05, 4.69) is 52.7 Å². The topological polar surface area (TPSA) is 55.2 Å². The summed E-state index contributed by atoms with van der Waals surface area (Å²) in [6.07, 6.45) is -3.42. The summed E-state index contributed by atoms with van der Waals surface area (Å²) in [5, 5.41) is 11.5. The van der Waals surface area contributed by atoms with Gasteiger partial charge in [-0.15, -0.1) is 0 Å². The third-order valence-electron chi connectivity index (χ3n) is 7.81. The molecule has 1 aliphatic rings. The lowest BCUT2D eigenvalue weighted by atomic mass is 9.72. The highest BCUT2D eigenvalue weighted by Crippen LogP contribution is 2.49. The number of nitrogens with zero attached hydrogens (tertiary/aromatic N) is 2.